The summed E-state index contributed by atoms with van der Waals surface area (Å²) in [6.45, 7) is 2.00. The number of hydrogen-bond donors (Lipinski definition) is 1. The fourth-order valence-electron chi connectivity index (χ4n) is 1.67. The monoisotopic (exact) mass is 248 g/mol. The molecule has 0 aromatic carbocycles. The van der Waals surface area contributed by atoms with Crippen LogP contribution in [0.15, 0.2) is 18.7 Å². The fourth-order valence-corrected chi connectivity index (χ4v) is 1.67. The molecular formula is C10H12N6O2. The molecule has 2 N–H and O–H groups in total. The molecule has 0 unspecified atom stereocenters. The van der Waals surface area contributed by atoms with Crippen LogP contribution < -0.4 is 5.73 Å². The molecule has 0 aliphatic carbocycles. The van der Waals surface area contributed by atoms with Crippen LogP contribution in [0.5, 0.6) is 0 Å². The van der Waals surface area contributed by atoms with Gasteiger partial charge < -0.3 is 5.73 Å². The number of hydrogen-bond acceptors (Lipinski definition) is 6. The van der Waals surface area contributed by atoms with Gasteiger partial charge in [0.05, 0.1) is 4.92 Å². The lowest BCUT2D eigenvalue weighted by molar-refractivity contribution is -0.384. The summed E-state index contributed by atoms with van der Waals surface area (Å²) in [4.78, 5) is 22.2. The highest BCUT2D eigenvalue weighted by atomic mass is 16.6. The molecule has 2 heterocycles. The van der Waals surface area contributed by atoms with Crippen molar-refractivity contribution in [2.75, 3.05) is 5.73 Å². The second-order valence-electron chi connectivity index (χ2n) is 3.65. The van der Waals surface area contributed by atoms with E-state index in [1.807, 2.05) is 6.92 Å². The maximum atomic E-state index is 11.0. The molecule has 18 heavy (non-hydrogen) atoms. The molecule has 0 radical (unpaired) electrons. The zero-order valence-electron chi connectivity index (χ0n) is 9.78. The molecule has 8 nitrogen and oxygen atoms in total. The third-order valence-electron chi connectivity index (χ3n) is 2.43. The summed E-state index contributed by atoms with van der Waals surface area (Å²) in [7, 11) is 0. The second-order valence-corrected chi connectivity index (χ2v) is 3.65. The van der Waals surface area contributed by atoms with Gasteiger partial charge in [0.15, 0.2) is 0 Å². The van der Waals surface area contributed by atoms with Crippen LogP contribution in [0.4, 0.5) is 11.5 Å². The van der Waals surface area contributed by atoms with Gasteiger partial charge in [0.1, 0.15) is 12.2 Å². The first-order valence-corrected chi connectivity index (χ1v) is 5.42. The number of anilines is 1. The number of nitrogens with zero attached hydrogens (tertiary/aromatic N) is 5. The first-order chi connectivity index (χ1) is 8.65. The summed E-state index contributed by atoms with van der Waals surface area (Å²) in [5.74, 6) is 0.702. The van der Waals surface area contributed by atoms with E-state index in [4.69, 9.17) is 5.73 Å². The van der Waals surface area contributed by atoms with Crippen LogP contribution in [-0.4, -0.2) is 24.4 Å². The van der Waals surface area contributed by atoms with Gasteiger partial charge >= 0.3 is 5.69 Å². The third-order valence-corrected chi connectivity index (χ3v) is 2.43. The van der Waals surface area contributed by atoms with Crippen molar-refractivity contribution in [2.24, 2.45) is 0 Å². The van der Waals surface area contributed by atoms with Gasteiger partial charge in [-0.25, -0.2) is 15.0 Å². The van der Waals surface area contributed by atoms with Gasteiger partial charge in [-0.1, -0.05) is 6.92 Å². The molecule has 0 amide bonds. The smallest absolute Gasteiger partial charge is 0.353 e. The molecule has 2 aromatic heterocycles. The molecule has 0 saturated heterocycles. The van der Waals surface area contributed by atoms with Crippen LogP contribution in [0.1, 0.15) is 19.2 Å². The Morgan fingerprint density at radius 1 is 1.44 bits per heavy atom. The molecule has 94 valence electrons. The Balaban J connectivity index is 2.60. The summed E-state index contributed by atoms with van der Waals surface area (Å²) in [6.07, 6.45) is 5.99. The number of nitro groups is 1. The van der Waals surface area contributed by atoms with Crippen LogP contribution in [0, 0.1) is 10.1 Å². The van der Waals surface area contributed by atoms with Crippen molar-refractivity contribution >= 4 is 11.5 Å². The van der Waals surface area contributed by atoms with E-state index in [9.17, 15) is 10.1 Å². The Bertz CT molecular complexity index is 579. The molecule has 2 aromatic rings. The predicted octanol–water partition coefficient (Wildman–Crippen LogP) is 1.11. The largest absolute Gasteiger partial charge is 0.378 e. The molecule has 0 spiro atoms. The van der Waals surface area contributed by atoms with Crippen molar-refractivity contribution in [1.82, 2.24) is 19.5 Å². The molecule has 2 rings (SSSR count). The lowest BCUT2D eigenvalue weighted by Crippen LogP contribution is -2.09. The minimum Gasteiger partial charge on any atom is -0.378 e. The van der Waals surface area contributed by atoms with Gasteiger partial charge in [0.2, 0.25) is 11.6 Å². The average molecular weight is 248 g/mol. The van der Waals surface area contributed by atoms with Crippen LogP contribution in [0.3, 0.4) is 0 Å². The Morgan fingerprint density at radius 3 is 2.89 bits per heavy atom. The van der Waals surface area contributed by atoms with Gasteiger partial charge in [0.25, 0.3) is 0 Å². The van der Waals surface area contributed by atoms with Crippen LogP contribution in [0.25, 0.3) is 5.82 Å². The topological polar surface area (TPSA) is 113 Å². The second kappa shape index (κ2) is 4.78. The number of rotatable bonds is 4. The maximum absolute atomic E-state index is 11.0. The molecule has 8 heteroatoms. The summed E-state index contributed by atoms with van der Waals surface area (Å²) in [6, 6.07) is 0. The van der Waals surface area contributed by atoms with Crippen molar-refractivity contribution < 1.29 is 4.92 Å². The van der Waals surface area contributed by atoms with Crippen molar-refractivity contribution in [3.05, 3.63) is 34.7 Å². The number of imidazole rings is 1. The zero-order chi connectivity index (χ0) is 13.1. The van der Waals surface area contributed by atoms with Crippen LogP contribution >= 0.6 is 0 Å². The van der Waals surface area contributed by atoms with E-state index in [1.54, 1.807) is 17.0 Å². The molecular weight excluding hydrogens is 236 g/mol. The minimum atomic E-state index is -0.583. The van der Waals surface area contributed by atoms with E-state index in [-0.39, 0.29) is 17.3 Å². The fraction of sp³-hybridized carbons (Fsp3) is 0.300. The Kier molecular flexibility index (Phi) is 3.18. The highest BCUT2D eigenvalue weighted by Gasteiger charge is 2.23. The average Bonchev–Trinajstić information content (AvgIpc) is 2.76. The number of aromatic nitrogens is 4. The van der Waals surface area contributed by atoms with E-state index < -0.39 is 4.92 Å². The van der Waals surface area contributed by atoms with Crippen LogP contribution in [0.2, 0.25) is 0 Å². The van der Waals surface area contributed by atoms with Gasteiger partial charge in [-0.2, -0.15) is 0 Å². The Labute approximate surface area is 103 Å². The number of aryl methyl sites for hydroxylation is 1. The molecule has 0 fully saturated rings. The van der Waals surface area contributed by atoms with E-state index in [0.29, 0.717) is 12.2 Å². The number of nitrogen functional groups attached to an aromatic ring is 1. The van der Waals surface area contributed by atoms with E-state index in [0.717, 1.165) is 6.42 Å². The van der Waals surface area contributed by atoms with Crippen molar-refractivity contribution in [1.29, 1.82) is 0 Å². The molecule has 0 bridgehead atoms. The first-order valence-electron chi connectivity index (χ1n) is 5.42. The van der Waals surface area contributed by atoms with Crippen molar-refractivity contribution in [3.63, 3.8) is 0 Å². The molecule has 0 atom stereocenters. The van der Waals surface area contributed by atoms with Gasteiger partial charge in [-0.05, 0) is 6.42 Å². The summed E-state index contributed by atoms with van der Waals surface area (Å²) in [5, 5.41) is 11.0. The predicted molar refractivity (Wildman–Crippen MR) is 64.2 cm³/mol. The molecule has 0 aliphatic heterocycles. The third kappa shape index (κ3) is 1.99. The van der Waals surface area contributed by atoms with Gasteiger partial charge in [-0.15, -0.1) is 0 Å². The quantitative estimate of drug-likeness (QED) is 0.640. The lowest BCUT2D eigenvalue weighted by atomic mass is 10.3. The SMILES string of the molecule is CCCc1nccn1-c1ncnc(N)c1[N+](=O)[O-]. The zero-order valence-corrected chi connectivity index (χ0v) is 9.78. The Hall–Kier alpha value is -2.51. The van der Waals surface area contributed by atoms with Crippen LogP contribution in [-0.2, 0) is 6.42 Å². The van der Waals surface area contributed by atoms with Crippen molar-refractivity contribution in [3.8, 4) is 5.82 Å². The van der Waals surface area contributed by atoms with Gasteiger partial charge in [0, 0.05) is 18.8 Å². The molecule has 0 saturated carbocycles. The summed E-state index contributed by atoms with van der Waals surface area (Å²) in [5.41, 5.74) is 5.23. The maximum Gasteiger partial charge on any atom is 0.353 e. The first kappa shape index (κ1) is 12.0. The number of nitrogens with two attached hydrogens (primary N) is 1. The summed E-state index contributed by atoms with van der Waals surface area (Å²) < 4.78 is 1.57. The highest BCUT2D eigenvalue weighted by molar-refractivity contribution is 5.61. The van der Waals surface area contributed by atoms with Crippen molar-refractivity contribution in [2.45, 2.75) is 19.8 Å². The van der Waals surface area contributed by atoms with E-state index in [1.165, 1.54) is 6.33 Å². The minimum absolute atomic E-state index is 0.147. The van der Waals surface area contributed by atoms with E-state index in [2.05, 4.69) is 15.0 Å². The van der Waals surface area contributed by atoms with Gasteiger partial charge in [-0.3, -0.25) is 14.7 Å². The summed E-state index contributed by atoms with van der Waals surface area (Å²) >= 11 is 0. The highest BCUT2D eigenvalue weighted by Crippen LogP contribution is 2.26. The normalized spacial score (nSPS) is 10.5. The molecule has 0 aliphatic rings. The standard InChI is InChI=1S/C10H12N6O2/c1-2-3-7-12-4-5-15(7)10-8(16(17)18)9(11)13-6-14-10/h4-6H,2-3H2,1H3,(H2,11,13,14). The lowest BCUT2D eigenvalue weighted by Gasteiger charge is -2.07. The Morgan fingerprint density at radius 2 is 2.22 bits per heavy atom. The van der Waals surface area contributed by atoms with E-state index >= 15 is 0 Å².